The van der Waals surface area contributed by atoms with Gasteiger partial charge in [0.05, 0.1) is 27.6 Å². The predicted octanol–water partition coefficient (Wildman–Crippen LogP) is 3.03. The molecular weight excluding hydrogens is 216 g/mol. The molecule has 0 bridgehead atoms. The van der Waals surface area contributed by atoms with E-state index >= 15 is 0 Å². The van der Waals surface area contributed by atoms with Crippen LogP contribution in [0.15, 0.2) is 18.4 Å². The van der Waals surface area contributed by atoms with E-state index in [2.05, 4.69) is 0 Å². The third-order valence-corrected chi connectivity index (χ3v) is 3.13. The number of fused-ring (bicyclic) bond motifs is 1. The van der Waals surface area contributed by atoms with Gasteiger partial charge in [0.2, 0.25) is 0 Å². The van der Waals surface area contributed by atoms with E-state index < -0.39 is 0 Å². The monoisotopic (exact) mass is 234 g/mol. The maximum Gasteiger partial charge on any atom is 0.127 e. The zero-order chi connectivity index (χ0) is 12.3. The van der Waals surface area contributed by atoms with Gasteiger partial charge in [-0.3, -0.25) is 0 Å². The van der Waals surface area contributed by atoms with Gasteiger partial charge in [0.15, 0.2) is 0 Å². The van der Waals surface area contributed by atoms with Crippen LogP contribution in [0.1, 0.15) is 24.0 Å². The van der Waals surface area contributed by atoms with Crippen LogP contribution >= 0.6 is 0 Å². The molecular formula is C14H18O3. The van der Waals surface area contributed by atoms with Crippen LogP contribution in [0.25, 0.3) is 5.57 Å². The highest BCUT2D eigenvalue weighted by atomic mass is 16.5. The minimum atomic E-state index is 0.892. The van der Waals surface area contributed by atoms with Gasteiger partial charge in [0.25, 0.3) is 0 Å². The summed E-state index contributed by atoms with van der Waals surface area (Å²) in [4.78, 5) is 0. The van der Waals surface area contributed by atoms with Crippen LogP contribution in [0.5, 0.6) is 11.5 Å². The number of allylic oxidation sites excluding steroid dienone is 1. The molecule has 0 saturated carbocycles. The highest BCUT2D eigenvalue weighted by Gasteiger charge is 2.22. The third kappa shape index (κ3) is 2.09. The summed E-state index contributed by atoms with van der Waals surface area (Å²) in [5.41, 5.74) is 3.55. The zero-order valence-corrected chi connectivity index (χ0v) is 10.6. The van der Waals surface area contributed by atoms with Crippen molar-refractivity contribution in [2.75, 3.05) is 21.3 Å². The molecule has 1 aliphatic carbocycles. The first-order valence-corrected chi connectivity index (χ1v) is 5.78. The normalized spacial score (nSPS) is 16.5. The molecule has 0 aromatic heterocycles. The molecule has 1 aromatic carbocycles. The van der Waals surface area contributed by atoms with Crippen molar-refractivity contribution in [2.45, 2.75) is 19.3 Å². The fourth-order valence-corrected chi connectivity index (χ4v) is 2.41. The van der Waals surface area contributed by atoms with Crippen molar-refractivity contribution >= 4 is 5.57 Å². The number of methoxy groups -OCH3 is 3. The van der Waals surface area contributed by atoms with Gasteiger partial charge in [-0.25, -0.2) is 0 Å². The molecule has 3 heteroatoms. The number of rotatable bonds is 3. The molecule has 0 radical (unpaired) electrons. The van der Waals surface area contributed by atoms with E-state index in [1.54, 1.807) is 27.6 Å². The van der Waals surface area contributed by atoms with E-state index in [0.29, 0.717) is 0 Å². The van der Waals surface area contributed by atoms with E-state index in [1.807, 2.05) is 12.1 Å². The molecule has 17 heavy (non-hydrogen) atoms. The van der Waals surface area contributed by atoms with Crippen molar-refractivity contribution < 1.29 is 14.2 Å². The van der Waals surface area contributed by atoms with Crippen LogP contribution in [0.4, 0.5) is 0 Å². The first-order chi connectivity index (χ1) is 8.31. The highest BCUT2D eigenvalue weighted by Crippen LogP contribution is 2.41. The van der Waals surface area contributed by atoms with Gasteiger partial charge in [0, 0.05) is 11.1 Å². The first kappa shape index (κ1) is 11.8. The summed E-state index contributed by atoms with van der Waals surface area (Å²) in [6.07, 6.45) is 4.97. The molecule has 92 valence electrons. The largest absolute Gasteiger partial charge is 0.504 e. The van der Waals surface area contributed by atoms with Gasteiger partial charge >= 0.3 is 0 Å². The zero-order valence-electron chi connectivity index (χ0n) is 10.6. The van der Waals surface area contributed by atoms with Crippen LogP contribution in [0.3, 0.4) is 0 Å². The SMILES string of the molecule is COC=C1CCCc2c(OC)ccc(OC)c21. The van der Waals surface area contributed by atoms with E-state index in [1.165, 1.54) is 11.1 Å². The number of hydrogen-bond donors (Lipinski definition) is 0. The van der Waals surface area contributed by atoms with Gasteiger partial charge in [-0.15, -0.1) is 0 Å². The Kier molecular flexibility index (Phi) is 3.57. The van der Waals surface area contributed by atoms with E-state index in [4.69, 9.17) is 14.2 Å². The lowest BCUT2D eigenvalue weighted by atomic mass is 9.86. The van der Waals surface area contributed by atoms with Crippen LogP contribution in [-0.4, -0.2) is 21.3 Å². The Morgan fingerprint density at radius 3 is 2.35 bits per heavy atom. The molecule has 0 saturated heterocycles. The maximum atomic E-state index is 5.44. The Balaban J connectivity index is 2.60. The number of hydrogen-bond acceptors (Lipinski definition) is 3. The smallest absolute Gasteiger partial charge is 0.127 e. The Morgan fingerprint density at radius 1 is 1.00 bits per heavy atom. The van der Waals surface area contributed by atoms with Crippen molar-refractivity contribution in [3.63, 3.8) is 0 Å². The molecule has 0 unspecified atom stereocenters. The summed E-state index contributed by atoms with van der Waals surface area (Å²) in [7, 11) is 5.07. The maximum absolute atomic E-state index is 5.44. The molecule has 0 amide bonds. The lowest BCUT2D eigenvalue weighted by molar-refractivity contribution is 0.337. The summed E-state index contributed by atoms with van der Waals surface area (Å²) in [6.45, 7) is 0. The molecule has 3 nitrogen and oxygen atoms in total. The first-order valence-electron chi connectivity index (χ1n) is 5.78. The summed E-state index contributed by atoms with van der Waals surface area (Å²) in [5.74, 6) is 1.83. The van der Waals surface area contributed by atoms with Gasteiger partial charge in [0.1, 0.15) is 11.5 Å². The third-order valence-electron chi connectivity index (χ3n) is 3.13. The lowest BCUT2D eigenvalue weighted by Crippen LogP contribution is -2.06. The van der Waals surface area contributed by atoms with Gasteiger partial charge < -0.3 is 14.2 Å². The number of ether oxygens (including phenoxy) is 3. The Hall–Kier alpha value is -1.64. The van der Waals surface area contributed by atoms with E-state index in [9.17, 15) is 0 Å². The average molecular weight is 234 g/mol. The second kappa shape index (κ2) is 5.13. The second-order valence-corrected chi connectivity index (χ2v) is 4.06. The Morgan fingerprint density at radius 2 is 1.71 bits per heavy atom. The van der Waals surface area contributed by atoms with Crippen molar-refractivity contribution in [1.82, 2.24) is 0 Å². The molecule has 0 aliphatic heterocycles. The van der Waals surface area contributed by atoms with Crippen LogP contribution < -0.4 is 9.47 Å². The summed E-state index contributed by atoms with van der Waals surface area (Å²) >= 11 is 0. The minimum absolute atomic E-state index is 0.892. The van der Waals surface area contributed by atoms with Gasteiger partial charge in [-0.05, 0) is 37.0 Å². The van der Waals surface area contributed by atoms with E-state index in [-0.39, 0.29) is 0 Å². The van der Waals surface area contributed by atoms with Crippen LogP contribution in [0.2, 0.25) is 0 Å². The molecule has 0 fully saturated rings. The van der Waals surface area contributed by atoms with Crippen molar-refractivity contribution in [3.05, 3.63) is 29.5 Å². The molecule has 2 rings (SSSR count). The highest BCUT2D eigenvalue weighted by molar-refractivity contribution is 5.76. The lowest BCUT2D eigenvalue weighted by Gasteiger charge is -2.23. The molecule has 0 heterocycles. The molecule has 1 aromatic rings. The topological polar surface area (TPSA) is 27.7 Å². The average Bonchev–Trinajstić information content (AvgIpc) is 2.38. The van der Waals surface area contributed by atoms with Crippen molar-refractivity contribution in [3.8, 4) is 11.5 Å². The second-order valence-electron chi connectivity index (χ2n) is 4.06. The van der Waals surface area contributed by atoms with Crippen molar-refractivity contribution in [1.29, 1.82) is 0 Å². The van der Waals surface area contributed by atoms with Crippen LogP contribution in [0, 0.1) is 0 Å². The summed E-state index contributed by atoms with van der Waals surface area (Å²) in [6, 6.07) is 3.92. The number of benzene rings is 1. The molecule has 0 N–H and O–H groups in total. The predicted molar refractivity (Wildman–Crippen MR) is 67.5 cm³/mol. The fourth-order valence-electron chi connectivity index (χ4n) is 2.41. The standard InChI is InChI=1S/C14H18O3/c1-15-9-10-5-4-6-11-12(16-2)7-8-13(17-3)14(10)11/h7-9H,4-6H2,1-3H3. The van der Waals surface area contributed by atoms with Crippen molar-refractivity contribution in [2.24, 2.45) is 0 Å². The van der Waals surface area contributed by atoms with Gasteiger partial charge in [-0.2, -0.15) is 0 Å². The van der Waals surface area contributed by atoms with Gasteiger partial charge in [-0.1, -0.05) is 0 Å². The molecule has 1 aliphatic rings. The summed E-state index contributed by atoms with van der Waals surface area (Å²) in [5, 5.41) is 0. The summed E-state index contributed by atoms with van der Waals surface area (Å²) < 4.78 is 16.0. The Bertz CT molecular complexity index is 435. The molecule has 0 atom stereocenters. The quantitative estimate of drug-likeness (QED) is 0.752. The van der Waals surface area contributed by atoms with E-state index in [0.717, 1.165) is 36.3 Å². The molecule has 0 spiro atoms. The fraction of sp³-hybridized carbons (Fsp3) is 0.429. The minimum Gasteiger partial charge on any atom is -0.504 e. The van der Waals surface area contributed by atoms with Crippen LogP contribution in [-0.2, 0) is 11.2 Å². The Labute approximate surface area is 102 Å².